The quantitative estimate of drug-likeness (QED) is 0.169. The van der Waals surface area contributed by atoms with Crippen molar-refractivity contribution in [3.63, 3.8) is 0 Å². The zero-order valence-electron chi connectivity index (χ0n) is 30.0. The van der Waals surface area contributed by atoms with Gasteiger partial charge in [-0.25, -0.2) is 24.9 Å². The Hall–Kier alpha value is -7.09. The van der Waals surface area contributed by atoms with Crippen molar-refractivity contribution < 1.29 is 4.42 Å². The van der Waals surface area contributed by atoms with Crippen LogP contribution in [0.15, 0.2) is 174 Å². The van der Waals surface area contributed by atoms with Crippen molar-refractivity contribution in [2.24, 2.45) is 0 Å². The van der Waals surface area contributed by atoms with Crippen molar-refractivity contribution in [3.05, 3.63) is 181 Å². The molecule has 0 N–H and O–H groups in total. The summed E-state index contributed by atoms with van der Waals surface area (Å²) in [7, 11) is 0. The second-order valence-corrected chi connectivity index (χ2v) is 15.0. The van der Waals surface area contributed by atoms with Crippen molar-refractivity contribution in [1.82, 2.24) is 24.9 Å². The maximum absolute atomic E-state index is 6.61. The van der Waals surface area contributed by atoms with Gasteiger partial charge in [0.1, 0.15) is 11.2 Å². The Morgan fingerprint density at radius 3 is 1.89 bits per heavy atom. The van der Waals surface area contributed by atoms with Crippen LogP contribution in [0.5, 0.6) is 0 Å². The summed E-state index contributed by atoms with van der Waals surface area (Å²) in [5, 5.41) is 3.07. The topological polar surface area (TPSA) is 77.6 Å². The molecule has 0 bridgehead atoms. The molecule has 0 aliphatic heterocycles. The molecule has 1 unspecified atom stereocenters. The number of fused-ring (bicyclic) bond motifs is 6. The van der Waals surface area contributed by atoms with Crippen LogP contribution in [0.4, 0.5) is 0 Å². The molecular formula is C49H31N5OS. The summed E-state index contributed by atoms with van der Waals surface area (Å²) in [5.74, 6) is 2.63. The lowest BCUT2D eigenvalue weighted by molar-refractivity contribution is 0.669. The van der Waals surface area contributed by atoms with Crippen LogP contribution in [0, 0.1) is 0 Å². The van der Waals surface area contributed by atoms with Crippen LogP contribution in [-0.4, -0.2) is 24.9 Å². The Kier molecular flexibility index (Phi) is 7.70. The number of aromatic nitrogens is 5. The number of allylic oxidation sites excluding steroid dienone is 4. The molecule has 0 spiro atoms. The van der Waals surface area contributed by atoms with E-state index in [4.69, 9.17) is 29.3 Å². The van der Waals surface area contributed by atoms with Gasteiger partial charge >= 0.3 is 0 Å². The molecule has 1 atom stereocenters. The largest absolute Gasteiger partial charge is 0.456 e. The Bertz CT molecular complexity index is 3110. The average molecular weight is 738 g/mol. The maximum atomic E-state index is 6.61. The van der Waals surface area contributed by atoms with Gasteiger partial charge in [0.15, 0.2) is 23.3 Å². The number of nitrogens with zero attached hydrogens (tertiary/aromatic N) is 5. The maximum Gasteiger partial charge on any atom is 0.164 e. The van der Waals surface area contributed by atoms with E-state index in [0.717, 1.165) is 71.9 Å². The summed E-state index contributed by atoms with van der Waals surface area (Å²) in [4.78, 5) is 25.6. The lowest BCUT2D eigenvalue weighted by Crippen LogP contribution is -2.04. The number of hydrogen-bond acceptors (Lipinski definition) is 7. The Morgan fingerprint density at radius 1 is 0.518 bits per heavy atom. The minimum atomic E-state index is 0.124. The molecule has 4 heterocycles. The highest BCUT2D eigenvalue weighted by Gasteiger charge is 2.23. The van der Waals surface area contributed by atoms with Crippen molar-refractivity contribution in [2.75, 3.05) is 0 Å². The van der Waals surface area contributed by atoms with Gasteiger partial charge in [0.2, 0.25) is 0 Å². The minimum absolute atomic E-state index is 0.124. The summed E-state index contributed by atoms with van der Waals surface area (Å²) in [6.45, 7) is 0. The Balaban J connectivity index is 1.04. The molecule has 264 valence electrons. The molecule has 11 rings (SSSR count). The molecule has 0 saturated heterocycles. The van der Waals surface area contributed by atoms with Gasteiger partial charge in [-0.15, -0.1) is 11.3 Å². The van der Waals surface area contributed by atoms with E-state index >= 15 is 0 Å². The fourth-order valence-corrected chi connectivity index (χ4v) is 8.94. The first-order valence-electron chi connectivity index (χ1n) is 18.7. The SMILES string of the molecule is C1=CC(c2nc(-c3ccc4c(c3)oc3cccc(-c5nc(-c6ccccc6)nc(-c6ccccc6)n5)c34)nc3c2sc2ccccc23)CC=C1c1ccccc1. The van der Waals surface area contributed by atoms with E-state index in [0.29, 0.717) is 23.3 Å². The van der Waals surface area contributed by atoms with Crippen LogP contribution in [-0.2, 0) is 0 Å². The van der Waals surface area contributed by atoms with Crippen LogP contribution < -0.4 is 0 Å². The second-order valence-electron chi connectivity index (χ2n) is 14.0. The van der Waals surface area contributed by atoms with E-state index in [1.54, 1.807) is 11.3 Å². The van der Waals surface area contributed by atoms with E-state index in [-0.39, 0.29) is 5.92 Å². The molecule has 1 aliphatic carbocycles. The lowest BCUT2D eigenvalue weighted by atomic mass is 9.90. The third kappa shape index (κ3) is 5.60. The molecule has 0 fully saturated rings. The van der Waals surface area contributed by atoms with Gasteiger partial charge in [0.05, 0.1) is 15.9 Å². The van der Waals surface area contributed by atoms with E-state index in [1.807, 2.05) is 72.8 Å². The Labute approximate surface area is 326 Å². The van der Waals surface area contributed by atoms with Gasteiger partial charge < -0.3 is 4.42 Å². The first-order chi connectivity index (χ1) is 27.7. The number of furan rings is 1. The van der Waals surface area contributed by atoms with E-state index < -0.39 is 0 Å². The molecule has 1 aliphatic rings. The second kappa shape index (κ2) is 13.3. The van der Waals surface area contributed by atoms with Crippen molar-refractivity contribution in [1.29, 1.82) is 0 Å². The third-order valence-corrected chi connectivity index (χ3v) is 11.7. The van der Waals surface area contributed by atoms with Crippen LogP contribution in [0.2, 0.25) is 0 Å². The highest BCUT2D eigenvalue weighted by atomic mass is 32.1. The summed E-state index contributed by atoms with van der Waals surface area (Å²) >= 11 is 1.77. The standard InChI is InChI=1S/C49H31N5OS/c1-4-13-30(14-5-1)31-23-25-32(26-24-31)43-45-44(37-19-10-11-22-41(37)56-45)51-48(50-43)35-27-28-36-40(29-35)55-39-21-12-20-38(42(36)39)49-53-46(33-15-6-2-7-16-33)52-47(54-49)34-17-8-3-9-18-34/h1-25,27-29,32H,26H2. The Morgan fingerprint density at radius 2 is 1.18 bits per heavy atom. The first-order valence-corrected chi connectivity index (χ1v) is 19.5. The van der Waals surface area contributed by atoms with Crippen molar-refractivity contribution in [3.8, 4) is 45.6 Å². The fraction of sp³-hybridized carbons (Fsp3) is 0.0408. The average Bonchev–Trinajstić information content (AvgIpc) is 3.85. The summed E-state index contributed by atoms with van der Waals surface area (Å²) in [6.07, 6.45) is 7.73. The molecule has 4 aromatic heterocycles. The predicted octanol–water partition coefficient (Wildman–Crippen LogP) is 12.7. The van der Waals surface area contributed by atoms with Gasteiger partial charge in [-0.05, 0) is 41.8 Å². The molecular weight excluding hydrogens is 707 g/mol. The summed E-state index contributed by atoms with van der Waals surface area (Å²) in [6, 6.07) is 51.5. The monoisotopic (exact) mass is 737 g/mol. The highest BCUT2D eigenvalue weighted by Crippen LogP contribution is 2.42. The number of thiophene rings is 1. The number of benzene rings is 6. The molecule has 56 heavy (non-hydrogen) atoms. The van der Waals surface area contributed by atoms with Crippen molar-refractivity contribution in [2.45, 2.75) is 12.3 Å². The minimum Gasteiger partial charge on any atom is -0.456 e. The summed E-state index contributed by atoms with van der Waals surface area (Å²) < 4.78 is 8.95. The molecule has 6 nitrogen and oxygen atoms in total. The van der Waals surface area contributed by atoms with Gasteiger partial charge in [0.25, 0.3) is 0 Å². The lowest BCUT2D eigenvalue weighted by Gasteiger charge is -2.17. The van der Waals surface area contributed by atoms with Gasteiger partial charge in [-0.2, -0.15) is 0 Å². The molecule has 0 radical (unpaired) electrons. The highest BCUT2D eigenvalue weighted by molar-refractivity contribution is 7.25. The van der Waals surface area contributed by atoms with Crippen molar-refractivity contribution >= 4 is 59.2 Å². The molecule has 10 aromatic rings. The van der Waals surface area contributed by atoms with E-state index in [2.05, 4.69) is 97.1 Å². The van der Waals surface area contributed by atoms with Crippen LogP contribution in [0.3, 0.4) is 0 Å². The van der Waals surface area contributed by atoms with Crippen LogP contribution in [0.1, 0.15) is 23.6 Å². The van der Waals surface area contributed by atoms with E-state index in [1.165, 1.54) is 15.8 Å². The molecule has 6 aromatic carbocycles. The van der Waals surface area contributed by atoms with Gasteiger partial charge in [-0.1, -0.05) is 146 Å². The normalized spacial score (nSPS) is 14.2. The number of hydrogen-bond donors (Lipinski definition) is 0. The fourth-order valence-electron chi connectivity index (χ4n) is 7.74. The third-order valence-electron chi connectivity index (χ3n) is 10.5. The first kappa shape index (κ1) is 32.3. The number of rotatable bonds is 6. The zero-order valence-corrected chi connectivity index (χ0v) is 30.8. The predicted molar refractivity (Wildman–Crippen MR) is 228 cm³/mol. The van der Waals surface area contributed by atoms with Crippen LogP contribution >= 0.6 is 11.3 Å². The van der Waals surface area contributed by atoms with Gasteiger partial charge in [0, 0.05) is 49.0 Å². The van der Waals surface area contributed by atoms with Crippen LogP contribution in [0.25, 0.3) is 93.4 Å². The molecule has 7 heteroatoms. The smallest absolute Gasteiger partial charge is 0.164 e. The van der Waals surface area contributed by atoms with E-state index in [9.17, 15) is 0 Å². The molecule has 0 amide bonds. The summed E-state index contributed by atoms with van der Waals surface area (Å²) in [5.41, 5.74) is 9.63. The van der Waals surface area contributed by atoms with Gasteiger partial charge in [-0.3, -0.25) is 0 Å². The zero-order chi connectivity index (χ0) is 37.0. The molecule has 0 saturated carbocycles.